The predicted molar refractivity (Wildman–Crippen MR) is 98.5 cm³/mol. The van der Waals surface area contributed by atoms with Crippen LogP contribution in [0.25, 0.3) is 21.9 Å². The highest BCUT2D eigenvalue weighted by Gasteiger charge is 2.18. The van der Waals surface area contributed by atoms with E-state index in [1.807, 2.05) is 12.1 Å². The SMILES string of the molecule is COc1cc(OC)c(-c2cc(C)c3ccccc3c2C)c(OC)c1. The van der Waals surface area contributed by atoms with Crippen LogP contribution < -0.4 is 14.2 Å². The molecule has 0 saturated carbocycles. The van der Waals surface area contributed by atoms with Crippen LogP contribution in [-0.4, -0.2) is 21.3 Å². The highest BCUT2D eigenvalue weighted by Crippen LogP contribution is 2.44. The Morgan fingerprint density at radius 2 is 1.29 bits per heavy atom. The van der Waals surface area contributed by atoms with Gasteiger partial charge in [0.1, 0.15) is 17.2 Å². The molecule has 3 heteroatoms. The van der Waals surface area contributed by atoms with Gasteiger partial charge in [0.05, 0.1) is 26.9 Å². The Labute approximate surface area is 142 Å². The standard InChI is InChI=1S/C21H22O3/c1-13-10-18(14(2)17-9-7-6-8-16(13)17)21-19(23-4)11-15(22-3)12-20(21)24-5/h6-12H,1-5H3. The van der Waals surface area contributed by atoms with E-state index in [4.69, 9.17) is 14.2 Å². The molecule has 0 bridgehead atoms. The van der Waals surface area contributed by atoms with Crippen molar-refractivity contribution in [2.75, 3.05) is 21.3 Å². The van der Waals surface area contributed by atoms with Crippen LogP contribution in [0.15, 0.2) is 42.5 Å². The number of hydrogen-bond acceptors (Lipinski definition) is 3. The van der Waals surface area contributed by atoms with E-state index >= 15 is 0 Å². The van der Waals surface area contributed by atoms with Crippen molar-refractivity contribution in [2.24, 2.45) is 0 Å². The zero-order valence-electron chi connectivity index (χ0n) is 14.8. The lowest BCUT2D eigenvalue weighted by Gasteiger charge is -2.19. The Morgan fingerprint density at radius 1 is 0.708 bits per heavy atom. The van der Waals surface area contributed by atoms with Gasteiger partial charge in [-0.05, 0) is 41.3 Å². The lowest BCUT2D eigenvalue weighted by molar-refractivity contribution is 0.377. The molecule has 0 aliphatic heterocycles. The van der Waals surface area contributed by atoms with Crippen LogP contribution in [0.5, 0.6) is 17.2 Å². The van der Waals surface area contributed by atoms with Crippen LogP contribution in [0, 0.1) is 13.8 Å². The molecule has 0 radical (unpaired) electrons. The number of rotatable bonds is 4. The average molecular weight is 322 g/mol. The van der Waals surface area contributed by atoms with Gasteiger partial charge in [-0.2, -0.15) is 0 Å². The zero-order chi connectivity index (χ0) is 17.3. The molecule has 0 heterocycles. The Kier molecular flexibility index (Phi) is 4.34. The first kappa shape index (κ1) is 16.2. The lowest BCUT2D eigenvalue weighted by atomic mass is 9.91. The summed E-state index contributed by atoms with van der Waals surface area (Å²) in [6, 6.07) is 14.4. The molecule has 3 nitrogen and oxygen atoms in total. The summed E-state index contributed by atoms with van der Waals surface area (Å²) in [4.78, 5) is 0. The Morgan fingerprint density at radius 3 is 1.83 bits per heavy atom. The molecule has 0 atom stereocenters. The fourth-order valence-electron chi connectivity index (χ4n) is 3.23. The van der Waals surface area contributed by atoms with E-state index in [-0.39, 0.29) is 0 Å². The highest BCUT2D eigenvalue weighted by atomic mass is 16.5. The van der Waals surface area contributed by atoms with Gasteiger partial charge in [-0.3, -0.25) is 0 Å². The number of methoxy groups -OCH3 is 3. The minimum atomic E-state index is 0.711. The molecule has 0 unspecified atom stereocenters. The quantitative estimate of drug-likeness (QED) is 0.665. The second kappa shape index (κ2) is 6.44. The summed E-state index contributed by atoms with van der Waals surface area (Å²) in [5.41, 5.74) is 4.50. The molecule has 0 N–H and O–H groups in total. The molecule has 124 valence electrons. The van der Waals surface area contributed by atoms with Crippen molar-refractivity contribution in [3.63, 3.8) is 0 Å². The maximum Gasteiger partial charge on any atom is 0.134 e. The van der Waals surface area contributed by atoms with Crippen molar-refractivity contribution >= 4 is 10.8 Å². The van der Waals surface area contributed by atoms with Gasteiger partial charge >= 0.3 is 0 Å². The van der Waals surface area contributed by atoms with E-state index < -0.39 is 0 Å². The number of benzene rings is 3. The van der Waals surface area contributed by atoms with Gasteiger partial charge < -0.3 is 14.2 Å². The normalized spacial score (nSPS) is 10.7. The third-order valence-corrected chi connectivity index (χ3v) is 4.51. The predicted octanol–water partition coefficient (Wildman–Crippen LogP) is 5.15. The van der Waals surface area contributed by atoms with E-state index in [1.54, 1.807) is 21.3 Å². The van der Waals surface area contributed by atoms with Gasteiger partial charge in [0.2, 0.25) is 0 Å². The van der Waals surface area contributed by atoms with E-state index in [1.165, 1.54) is 21.9 Å². The van der Waals surface area contributed by atoms with Crippen LogP contribution in [0.1, 0.15) is 11.1 Å². The van der Waals surface area contributed by atoms with E-state index in [0.717, 1.165) is 22.6 Å². The minimum absolute atomic E-state index is 0.711. The summed E-state index contributed by atoms with van der Waals surface area (Å²) >= 11 is 0. The molecule has 0 aliphatic rings. The van der Waals surface area contributed by atoms with Gasteiger partial charge in [0.15, 0.2) is 0 Å². The molecular formula is C21H22O3. The molecule has 0 amide bonds. The first-order valence-electron chi connectivity index (χ1n) is 7.90. The summed E-state index contributed by atoms with van der Waals surface area (Å²) in [6.45, 7) is 4.27. The number of fused-ring (bicyclic) bond motifs is 1. The molecule has 0 spiro atoms. The molecular weight excluding hydrogens is 300 g/mol. The number of ether oxygens (including phenoxy) is 3. The second-order valence-corrected chi connectivity index (χ2v) is 5.82. The smallest absolute Gasteiger partial charge is 0.134 e. The molecule has 3 aromatic carbocycles. The van der Waals surface area contributed by atoms with Crippen molar-refractivity contribution in [3.05, 3.63) is 53.6 Å². The van der Waals surface area contributed by atoms with Crippen molar-refractivity contribution in [3.8, 4) is 28.4 Å². The minimum Gasteiger partial charge on any atom is -0.496 e. The van der Waals surface area contributed by atoms with E-state index in [0.29, 0.717) is 5.75 Å². The van der Waals surface area contributed by atoms with Gasteiger partial charge in [0, 0.05) is 12.1 Å². The topological polar surface area (TPSA) is 27.7 Å². The third-order valence-electron chi connectivity index (χ3n) is 4.51. The maximum atomic E-state index is 5.63. The van der Waals surface area contributed by atoms with E-state index in [2.05, 4.69) is 44.2 Å². The largest absolute Gasteiger partial charge is 0.496 e. The molecule has 3 aromatic rings. The molecule has 0 fully saturated rings. The Hall–Kier alpha value is -2.68. The molecule has 3 rings (SSSR count). The molecule has 24 heavy (non-hydrogen) atoms. The van der Waals surface area contributed by atoms with E-state index in [9.17, 15) is 0 Å². The molecule has 0 aliphatic carbocycles. The maximum absolute atomic E-state index is 5.63. The zero-order valence-corrected chi connectivity index (χ0v) is 14.8. The average Bonchev–Trinajstić information content (AvgIpc) is 2.63. The highest BCUT2D eigenvalue weighted by molar-refractivity contribution is 5.96. The Bertz CT molecular complexity index is 872. The van der Waals surface area contributed by atoms with Crippen LogP contribution in [0.2, 0.25) is 0 Å². The summed E-state index contributed by atoms with van der Waals surface area (Å²) in [5, 5.41) is 2.51. The van der Waals surface area contributed by atoms with Crippen LogP contribution >= 0.6 is 0 Å². The van der Waals surface area contributed by atoms with Crippen molar-refractivity contribution in [2.45, 2.75) is 13.8 Å². The fraction of sp³-hybridized carbons (Fsp3) is 0.238. The monoisotopic (exact) mass is 322 g/mol. The van der Waals surface area contributed by atoms with Gasteiger partial charge in [-0.15, -0.1) is 0 Å². The number of hydrogen-bond donors (Lipinski definition) is 0. The van der Waals surface area contributed by atoms with Crippen molar-refractivity contribution in [1.29, 1.82) is 0 Å². The van der Waals surface area contributed by atoms with Crippen molar-refractivity contribution in [1.82, 2.24) is 0 Å². The lowest BCUT2D eigenvalue weighted by Crippen LogP contribution is -1.97. The summed E-state index contributed by atoms with van der Waals surface area (Å²) < 4.78 is 16.6. The van der Waals surface area contributed by atoms with Crippen LogP contribution in [0.4, 0.5) is 0 Å². The summed E-state index contributed by atoms with van der Waals surface area (Å²) in [6.07, 6.45) is 0. The summed E-state index contributed by atoms with van der Waals surface area (Å²) in [7, 11) is 4.97. The second-order valence-electron chi connectivity index (χ2n) is 5.82. The Balaban J connectivity index is 2.37. The first-order valence-corrected chi connectivity index (χ1v) is 7.90. The van der Waals surface area contributed by atoms with Crippen molar-refractivity contribution < 1.29 is 14.2 Å². The third kappa shape index (κ3) is 2.56. The first-order chi connectivity index (χ1) is 11.6. The number of aryl methyl sites for hydroxylation is 2. The van der Waals surface area contributed by atoms with Crippen LogP contribution in [-0.2, 0) is 0 Å². The van der Waals surface area contributed by atoms with Gasteiger partial charge in [-0.1, -0.05) is 30.3 Å². The molecule has 0 saturated heterocycles. The van der Waals surface area contributed by atoms with Crippen LogP contribution in [0.3, 0.4) is 0 Å². The molecule has 0 aromatic heterocycles. The van der Waals surface area contributed by atoms with Gasteiger partial charge in [0.25, 0.3) is 0 Å². The summed E-state index contributed by atoms with van der Waals surface area (Å²) in [5.74, 6) is 2.19. The van der Waals surface area contributed by atoms with Gasteiger partial charge in [-0.25, -0.2) is 0 Å². The fourth-order valence-corrected chi connectivity index (χ4v) is 3.23.